The zero-order chi connectivity index (χ0) is 13.4. The summed E-state index contributed by atoms with van der Waals surface area (Å²) in [5, 5.41) is 9.42. The fourth-order valence-electron chi connectivity index (χ4n) is 1.23. The van der Waals surface area contributed by atoms with E-state index in [0.717, 1.165) is 18.0 Å². The largest absolute Gasteiger partial charge is 0.504 e. The molecule has 0 atom stereocenters. The van der Waals surface area contributed by atoms with Gasteiger partial charge < -0.3 is 14.6 Å². The van der Waals surface area contributed by atoms with Gasteiger partial charge in [-0.25, -0.2) is 0 Å². The molecule has 0 saturated carbocycles. The number of hydrogen-bond donors (Lipinski definition) is 1. The number of thioether (sulfide) groups is 1. The molecule has 5 heteroatoms. The number of hydrogen-bond acceptors (Lipinski definition) is 5. The van der Waals surface area contributed by atoms with Gasteiger partial charge in [0.05, 0.1) is 7.11 Å². The van der Waals surface area contributed by atoms with Gasteiger partial charge in [-0.05, 0) is 23.8 Å². The van der Waals surface area contributed by atoms with Crippen molar-refractivity contribution >= 4 is 29.2 Å². The number of phenolic OH excluding ortho intramolecular Hbond substituents is 1. The van der Waals surface area contributed by atoms with E-state index in [4.69, 9.17) is 4.74 Å². The van der Waals surface area contributed by atoms with E-state index in [1.54, 1.807) is 18.2 Å². The monoisotopic (exact) mass is 266 g/mol. The average Bonchev–Trinajstić information content (AvgIpc) is 2.37. The lowest BCUT2D eigenvalue weighted by molar-refractivity contribution is -0.107. The Hall–Kier alpha value is -1.75. The Morgan fingerprint density at radius 3 is 2.89 bits per heavy atom. The van der Waals surface area contributed by atoms with Crippen LogP contribution in [-0.4, -0.2) is 29.4 Å². The quantitative estimate of drug-likeness (QED) is 0.486. The van der Waals surface area contributed by atoms with Gasteiger partial charge in [0.1, 0.15) is 6.29 Å². The van der Waals surface area contributed by atoms with Crippen molar-refractivity contribution in [1.82, 2.24) is 0 Å². The lowest BCUT2D eigenvalue weighted by Gasteiger charge is -2.03. The molecule has 0 radical (unpaired) electrons. The first-order valence-corrected chi connectivity index (χ1v) is 6.31. The van der Waals surface area contributed by atoms with Crippen molar-refractivity contribution < 1.29 is 19.4 Å². The molecule has 0 amide bonds. The predicted octanol–water partition coefficient (Wildman–Crippen LogP) is 2.26. The zero-order valence-electron chi connectivity index (χ0n) is 9.96. The molecule has 1 N–H and O–H groups in total. The van der Waals surface area contributed by atoms with Crippen molar-refractivity contribution in [1.29, 1.82) is 0 Å². The van der Waals surface area contributed by atoms with E-state index in [0.29, 0.717) is 23.5 Å². The van der Waals surface area contributed by atoms with Crippen molar-refractivity contribution in [2.75, 3.05) is 12.9 Å². The third-order valence-corrected chi connectivity index (χ3v) is 2.96. The van der Waals surface area contributed by atoms with Gasteiger partial charge in [0.25, 0.3) is 0 Å². The second-order valence-electron chi connectivity index (χ2n) is 3.39. The van der Waals surface area contributed by atoms with Crippen LogP contribution in [0.5, 0.6) is 11.5 Å². The van der Waals surface area contributed by atoms with Crippen molar-refractivity contribution in [3.63, 3.8) is 0 Å². The molecule has 0 fully saturated rings. The summed E-state index contributed by atoms with van der Waals surface area (Å²) < 4.78 is 4.91. The van der Waals surface area contributed by atoms with Gasteiger partial charge in [-0.2, -0.15) is 0 Å². The average molecular weight is 266 g/mol. The van der Waals surface area contributed by atoms with Crippen LogP contribution in [0.1, 0.15) is 12.0 Å². The molecule has 0 aliphatic carbocycles. The van der Waals surface area contributed by atoms with Crippen molar-refractivity contribution in [2.45, 2.75) is 6.42 Å². The molecule has 0 aliphatic heterocycles. The first kappa shape index (κ1) is 14.3. The fraction of sp³-hybridized carbons (Fsp3) is 0.231. The van der Waals surface area contributed by atoms with Crippen LogP contribution >= 0.6 is 11.8 Å². The number of aromatic hydroxyl groups is 1. The van der Waals surface area contributed by atoms with Crippen LogP contribution in [0, 0.1) is 0 Å². The number of rotatable bonds is 6. The molecule has 1 rings (SSSR count). The molecule has 96 valence electrons. The minimum atomic E-state index is -0.118. The normalized spacial score (nSPS) is 10.5. The highest BCUT2D eigenvalue weighted by atomic mass is 32.2. The second-order valence-corrected chi connectivity index (χ2v) is 4.49. The first-order chi connectivity index (χ1) is 8.67. The van der Waals surface area contributed by atoms with Crippen LogP contribution in [0.3, 0.4) is 0 Å². The van der Waals surface area contributed by atoms with Crippen LogP contribution in [-0.2, 0) is 9.59 Å². The molecular formula is C13H14O4S. The second kappa shape index (κ2) is 7.55. The van der Waals surface area contributed by atoms with E-state index in [9.17, 15) is 14.7 Å². The Kier molecular flexibility index (Phi) is 6.00. The Labute approximate surface area is 110 Å². The molecule has 0 spiro atoms. The standard InChI is InChI=1S/C13H14O4S/c1-17-12-5-3-10(9-11(12)15)4-6-13(16)18-8-2-7-14/h3-7,9,15H,2,8H2,1H3/b6-4+. The summed E-state index contributed by atoms with van der Waals surface area (Å²) in [5.41, 5.74) is 0.706. The Morgan fingerprint density at radius 1 is 1.50 bits per heavy atom. The molecule has 0 heterocycles. The van der Waals surface area contributed by atoms with Gasteiger partial charge >= 0.3 is 0 Å². The number of carbonyl (C=O) groups excluding carboxylic acids is 2. The van der Waals surface area contributed by atoms with Crippen LogP contribution in [0.4, 0.5) is 0 Å². The summed E-state index contributed by atoms with van der Waals surface area (Å²) in [6, 6.07) is 4.87. The summed E-state index contributed by atoms with van der Waals surface area (Å²) in [7, 11) is 1.47. The number of aldehydes is 1. The maximum Gasteiger partial charge on any atom is 0.212 e. The lowest BCUT2D eigenvalue weighted by atomic mass is 10.2. The molecular weight excluding hydrogens is 252 g/mol. The molecule has 0 saturated heterocycles. The van der Waals surface area contributed by atoms with Crippen LogP contribution < -0.4 is 4.74 Å². The van der Waals surface area contributed by atoms with Crippen molar-refractivity contribution in [3.05, 3.63) is 29.8 Å². The van der Waals surface area contributed by atoms with Gasteiger partial charge in [0, 0.05) is 12.2 Å². The highest BCUT2D eigenvalue weighted by Crippen LogP contribution is 2.26. The molecule has 0 aliphatic rings. The zero-order valence-corrected chi connectivity index (χ0v) is 10.8. The van der Waals surface area contributed by atoms with E-state index in [-0.39, 0.29) is 10.9 Å². The minimum absolute atomic E-state index is 0.0284. The molecule has 4 nitrogen and oxygen atoms in total. The van der Waals surface area contributed by atoms with Crippen LogP contribution in [0.2, 0.25) is 0 Å². The summed E-state index contributed by atoms with van der Waals surface area (Å²) in [6.07, 6.45) is 4.17. The van der Waals surface area contributed by atoms with Crippen LogP contribution in [0.25, 0.3) is 6.08 Å². The van der Waals surface area contributed by atoms with Crippen LogP contribution in [0.15, 0.2) is 24.3 Å². The summed E-state index contributed by atoms with van der Waals surface area (Å²) in [4.78, 5) is 21.5. The molecule has 0 bridgehead atoms. The molecule has 1 aromatic carbocycles. The lowest BCUT2D eigenvalue weighted by Crippen LogP contribution is -1.89. The predicted molar refractivity (Wildman–Crippen MR) is 71.8 cm³/mol. The smallest absolute Gasteiger partial charge is 0.212 e. The van der Waals surface area contributed by atoms with E-state index in [2.05, 4.69) is 0 Å². The van der Waals surface area contributed by atoms with Crippen molar-refractivity contribution in [2.24, 2.45) is 0 Å². The Balaban J connectivity index is 2.58. The number of phenols is 1. The van der Waals surface area contributed by atoms with Gasteiger partial charge in [0.15, 0.2) is 11.5 Å². The first-order valence-electron chi connectivity index (χ1n) is 5.33. The molecule has 1 aromatic rings. The van der Waals surface area contributed by atoms with E-state index in [1.807, 2.05) is 0 Å². The van der Waals surface area contributed by atoms with E-state index in [1.165, 1.54) is 19.3 Å². The highest BCUT2D eigenvalue weighted by Gasteiger charge is 2.01. The maximum atomic E-state index is 11.4. The molecule has 18 heavy (non-hydrogen) atoms. The Bertz CT molecular complexity index is 454. The number of benzene rings is 1. The fourth-order valence-corrected chi connectivity index (χ4v) is 1.81. The third kappa shape index (κ3) is 4.63. The number of carbonyl (C=O) groups is 2. The maximum absolute atomic E-state index is 11.4. The van der Waals surface area contributed by atoms with Gasteiger partial charge in [-0.15, -0.1) is 0 Å². The van der Waals surface area contributed by atoms with Gasteiger partial charge in [-0.1, -0.05) is 23.9 Å². The van der Waals surface area contributed by atoms with Crippen molar-refractivity contribution in [3.8, 4) is 11.5 Å². The number of ether oxygens (including phenoxy) is 1. The van der Waals surface area contributed by atoms with Gasteiger partial charge in [0.2, 0.25) is 5.12 Å². The van der Waals surface area contributed by atoms with E-state index >= 15 is 0 Å². The van der Waals surface area contributed by atoms with Gasteiger partial charge in [-0.3, -0.25) is 4.79 Å². The third-order valence-electron chi connectivity index (χ3n) is 2.09. The molecule has 0 aromatic heterocycles. The topological polar surface area (TPSA) is 63.6 Å². The summed E-state index contributed by atoms with van der Waals surface area (Å²) >= 11 is 1.09. The SMILES string of the molecule is COc1ccc(/C=C/C(=O)SCCC=O)cc1O. The summed E-state index contributed by atoms with van der Waals surface area (Å²) in [6.45, 7) is 0. The minimum Gasteiger partial charge on any atom is -0.504 e. The Morgan fingerprint density at radius 2 is 2.28 bits per heavy atom. The molecule has 0 unspecified atom stereocenters. The van der Waals surface area contributed by atoms with E-state index < -0.39 is 0 Å². The number of methoxy groups -OCH3 is 1. The summed E-state index contributed by atoms with van der Waals surface area (Å²) in [5.74, 6) is 0.903. The highest BCUT2D eigenvalue weighted by molar-refractivity contribution is 8.14.